The van der Waals surface area contributed by atoms with E-state index in [-0.39, 0.29) is 0 Å². The molecule has 2 aromatic rings. The SMILES string of the molecule is CC(C)c1ccc(OCCSSCCOc2ccc(C(C)C)c(C(C)C)c2)cc1C(C)C. The standard InChI is InChI=1S/C28H42O2S2/c1-19(2)25-11-9-23(17-27(25)21(5)6)29-13-15-31-32-16-14-30-24-10-12-26(20(3)4)28(18-24)22(7)8/h9-12,17-22H,13-16H2,1-8H3. The summed E-state index contributed by atoms with van der Waals surface area (Å²) in [6.45, 7) is 19.5. The Labute approximate surface area is 204 Å². The molecule has 0 fully saturated rings. The average molecular weight is 475 g/mol. The molecule has 0 aromatic heterocycles. The van der Waals surface area contributed by atoms with Crippen molar-refractivity contribution >= 4 is 21.6 Å². The van der Waals surface area contributed by atoms with Crippen LogP contribution in [0.15, 0.2) is 36.4 Å². The fourth-order valence-electron chi connectivity index (χ4n) is 3.84. The molecule has 4 heteroatoms. The summed E-state index contributed by atoms with van der Waals surface area (Å²) in [5, 5.41) is 0. The van der Waals surface area contributed by atoms with Gasteiger partial charge in [-0.25, -0.2) is 0 Å². The Bertz CT molecular complexity index is 759. The third-order valence-electron chi connectivity index (χ3n) is 5.56. The van der Waals surface area contributed by atoms with E-state index >= 15 is 0 Å². The second-order valence-electron chi connectivity index (χ2n) is 9.54. The van der Waals surface area contributed by atoms with E-state index in [1.165, 1.54) is 22.3 Å². The largest absolute Gasteiger partial charge is 0.493 e. The quantitative estimate of drug-likeness (QED) is 0.213. The van der Waals surface area contributed by atoms with Crippen molar-refractivity contribution in [2.75, 3.05) is 24.7 Å². The van der Waals surface area contributed by atoms with E-state index < -0.39 is 0 Å². The summed E-state index contributed by atoms with van der Waals surface area (Å²) >= 11 is 0. The fraction of sp³-hybridized carbons (Fsp3) is 0.571. The number of hydrogen-bond acceptors (Lipinski definition) is 4. The molecule has 0 saturated heterocycles. The third-order valence-corrected chi connectivity index (χ3v) is 7.89. The second-order valence-corrected chi connectivity index (χ2v) is 12.2. The molecular formula is C28H42O2S2. The number of rotatable bonds is 13. The molecule has 178 valence electrons. The molecule has 2 aromatic carbocycles. The molecule has 2 nitrogen and oxygen atoms in total. The molecule has 0 aliphatic rings. The first kappa shape index (κ1) is 27.0. The van der Waals surface area contributed by atoms with Crippen molar-refractivity contribution < 1.29 is 9.47 Å². The Morgan fingerprint density at radius 3 is 1.19 bits per heavy atom. The van der Waals surface area contributed by atoms with Crippen LogP contribution in [0.25, 0.3) is 0 Å². The molecule has 0 bridgehead atoms. The van der Waals surface area contributed by atoms with Crippen molar-refractivity contribution in [1.29, 1.82) is 0 Å². The molecule has 0 saturated carbocycles. The van der Waals surface area contributed by atoms with E-state index in [1.54, 1.807) is 0 Å². The van der Waals surface area contributed by atoms with Crippen LogP contribution in [0.1, 0.15) is 101 Å². The molecule has 0 amide bonds. The number of ether oxygens (including phenoxy) is 2. The number of hydrogen-bond donors (Lipinski definition) is 0. The van der Waals surface area contributed by atoms with Crippen molar-refractivity contribution in [2.24, 2.45) is 0 Å². The predicted octanol–water partition coefficient (Wildman–Crippen LogP) is 9.02. The van der Waals surface area contributed by atoms with Gasteiger partial charge in [0.15, 0.2) is 0 Å². The molecule has 0 aliphatic heterocycles. The molecule has 0 atom stereocenters. The summed E-state index contributed by atoms with van der Waals surface area (Å²) in [5.41, 5.74) is 5.66. The Balaban J connectivity index is 1.69. The first-order valence-electron chi connectivity index (χ1n) is 12.0. The maximum Gasteiger partial charge on any atom is 0.119 e. The average Bonchev–Trinajstić information content (AvgIpc) is 2.74. The highest BCUT2D eigenvalue weighted by molar-refractivity contribution is 8.76. The summed E-state index contributed by atoms with van der Waals surface area (Å²) in [7, 11) is 3.70. The zero-order valence-electron chi connectivity index (χ0n) is 21.2. The summed E-state index contributed by atoms with van der Waals surface area (Å²) in [4.78, 5) is 0. The van der Waals surface area contributed by atoms with Gasteiger partial charge in [-0.3, -0.25) is 0 Å². The molecule has 0 aliphatic carbocycles. The van der Waals surface area contributed by atoms with E-state index in [1.807, 2.05) is 21.6 Å². The van der Waals surface area contributed by atoms with Crippen molar-refractivity contribution in [1.82, 2.24) is 0 Å². The van der Waals surface area contributed by atoms with E-state index in [0.717, 1.165) is 36.2 Å². The Kier molecular flexibility index (Phi) is 11.3. The monoisotopic (exact) mass is 474 g/mol. The van der Waals surface area contributed by atoms with Gasteiger partial charge in [0.1, 0.15) is 11.5 Å². The van der Waals surface area contributed by atoms with Gasteiger partial charge in [0.05, 0.1) is 13.2 Å². The summed E-state index contributed by atoms with van der Waals surface area (Å²) in [5.74, 6) is 6.01. The van der Waals surface area contributed by atoms with Gasteiger partial charge < -0.3 is 9.47 Å². The minimum atomic E-state index is 0.513. The maximum absolute atomic E-state index is 6.01. The highest BCUT2D eigenvalue weighted by Gasteiger charge is 2.12. The summed E-state index contributed by atoms with van der Waals surface area (Å²) in [6.07, 6.45) is 0. The van der Waals surface area contributed by atoms with Crippen molar-refractivity contribution in [3.63, 3.8) is 0 Å². The minimum Gasteiger partial charge on any atom is -0.493 e. The maximum atomic E-state index is 6.01. The molecule has 0 spiro atoms. The molecule has 0 unspecified atom stereocenters. The minimum absolute atomic E-state index is 0.513. The van der Waals surface area contributed by atoms with Gasteiger partial charge in [-0.1, -0.05) is 89.1 Å². The zero-order chi connectivity index (χ0) is 23.7. The first-order chi connectivity index (χ1) is 15.2. The lowest BCUT2D eigenvalue weighted by Crippen LogP contribution is -2.04. The topological polar surface area (TPSA) is 18.5 Å². The van der Waals surface area contributed by atoms with Gasteiger partial charge in [0.25, 0.3) is 0 Å². The van der Waals surface area contributed by atoms with Gasteiger partial charge in [-0.05, 0) is 70.2 Å². The predicted molar refractivity (Wildman–Crippen MR) is 145 cm³/mol. The molecule has 0 radical (unpaired) electrons. The Morgan fingerprint density at radius 2 is 0.875 bits per heavy atom. The highest BCUT2D eigenvalue weighted by atomic mass is 33.1. The second kappa shape index (κ2) is 13.4. The van der Waals surface area contributed by atoms with Crippen LogP contribution >= 0.6 is 21.6 Å². The van der Waals surface area contributed by atoms with Crippen LogP contribution in [-0.2, 0) is 0 Å². The van der Waals surface area contributed by atoms with Crippen molar-refractivity contribution in [3.05, 3.63) is 58.7 Å². The van der Waals surface area contributed by atoms with Crippen LogP contribution in [0.4, 0.5) is 0 Å². The molecule has 2 rings (SSSR count). The molecule has 0 N–H and O–H groups in total. The van der Waals surface area contributed by atoms with Gasteiger partial charge >= 0.3 is 0 Å². The van der Waals surface area contributed by atoms with Crippen LogP contribution in [-0.4, -0.2) is 24.7 Å². The smallest absolute Gasteiger partial charge is 0.119 e. The van der Waals surface area contributed by atoms with E-state index in [0.29, 0.717) is 23.7 Å². The van der Waals surface area contributed by atoms with Crippen LogP contribution in [0.5, 0.6) is 11.5 Å². The van der Waals surface area contributed by atoms with E-state index in [9.17, 15) is 0 Å². The van der Waals surface area contributed by atoms with Gasteiger partial charge in [-0.2, -0.15) is 0 Å². The van der Waals surface area contributed by atoms with Gasteiger partial charge in [0.2, 0.25) is 0 Å². The third kappa shape index (κ3) is 8.26. The normalized spacial score (nSPS) is 11.8. The van der Waals surface area contributed by atoms with Crippen molar-refractivity contribution in [3.8, 4) is 11.5 Å². The van der Waals surface area contributed by atoms with Gasteiger partial charge in [-0.15, -0.1) is 0 Å². The van der Waals surface area contributed by atoms with Crippen LogP contribution in [0.2, 0.25) is 0 Å². The number of benzene rings is 2. The molecule has 32 heavy (non-hydrogen) atoms. The zero-order valence-corrected chi connectivity index (χ0v) is 22.9. The lowest BCUT2D eigenvalue weighted by atomic mass is 9.90. The van der Waals surface area contributed by atoms with Crippen LogP contribution < -0.4 is 9.47 Å². The van der Waals surface area contributed by atoms with Crippen LogP contribution in [0.3, 0.4) is 0 Å². The summed E-state index contributed by atoms with van der Waals surface area (Å²) < 4.78 is 12.0. The van der Waals surface area contributed by atoms with Crippen molar-refractivity contribution in [2.45, 2.75) is 79.1 Å². The lowest BCUT2D eigenvalue weighted by molar-refractivity contribution is 0.342. The molecule has 0 heterocycles. The lowest BCUT2D eigenvalue weighted by Gasteiger charge is -2.18. The van der Waals surface area contributed by atoms with Crippen LogP contribution in [0, 0.1) is 0 Å². The van der Waals surface area contributed by atoms with Gasteiger partial charge in [0, 0.05) is 11.5 Å². The fourth-order valence-corrected chi connectivity index (χ4v) is 5.50. The Morgan fingerprint density at radius 1 is 0.531 bits per heavy atom. The Hall–Kier alpha value is -1.26. The first-order valence-corrected chi connectivity index (χ1v) is 14.5. The molecular weight excluding hydrogens is 432 g/mol. The van der Waals surface area contributed by atoms with E-state index in [2.05, 4.69) is 91.8 Å². The van der Waals surface area contributed by atoms with E-state index in [4.69, 9.17) is 9.47 Å². The summed E-state index contributed by atoms with van der Waals surface area (Å²) in [6, 6.07) is 13.1. The highest BCUT2D eigenvalue weighted by Crippen LogP contribution is 2.31.